The van der Waals surface area contributed by atoms with Crippen LogP contribution in [0, 0.1) is 11.3 Å². The highest BCUT2D eigenvalue weighted by Gasteiger charge is 2.45. The van der Waals surface area contributed by atoms with E-state index in [0.717, 1.165) is 12.8 Å². The summed E-state index contributed by atoms with van der Waals surface area (Å²) in [6.07, 6.45) is 2.45. The summed E-state index contributed by atoms with van der Waals surface area (Å²) in [6, 6.07) is 0. The van der Waals surface area contributed by atoms with E-state index in [-0.39, 0.29) is 17.7 Å². The van der Waals surface area contributed by atoms with Crippen molar-refractivity contribution in [2.45, 2.75) is 33.1 Å². The summed E-state index contributed by atoms with van der Waals surface area (Å²) in [6.45, 7) is 3.57. The van der Waals surface area contributed by atoms with Crippen LogP contribution in [-0.2, 0) is 14.3 Å². The molecule has 0 bridgehead atoms. The van der Waals surface area contributed by atoms with Gasteiger partial charge in [-0.15, -0.1) is 0 Å². The molecule has 1 rings (SSSR count). The molecule has 0 aliphatic heterocycles. The Hall–Kier alpha value is -0.860. The van der Waals surface area contributed by atoms with E-state index in [1.54, 1.807) is 6.92 Å². The van der Waals surface area contributed by atoms with Crippen LogP contribution in [0.1, 0.15) is 33.1 Å². The molecule has 0 radical (unpaired) electrons. The molecular weight excluding hydrogens is 168 g/mol. The third kappa shape index (κ3) is 1.60. The summed E-state index contributed by atoms with van der Waals surface area (Å²) in [4.78, 5) is 23.1. The average Bonchev–Trinajstić information content (AvgIpc) is 2.13. The molecule has 0 N–H and O–H groups in total. The zero-order valence-electron chi connectivity index (χ0n) is 8.42. The highest BCUT2D eigenvalue weighted by molar-refractivity contribution is 6.04. The fourth-order valence-corrected chi connectivity index (χ4v) is 1.99. The smallest absolute Gasteiger partial charge is 0.319 e. The van der Waals surface area contributed by atoms with E-state index < -0.39 is 5.41 Å². The number of ketones is 1. The largest absolute Gasteiger partial charge is 0.468 e. The normalized spacial score (nSPS) is 34.4. The van der Waals surface area contributed by atoms with Gasteiger partial charge in [-0.1, -0.05) is 13.3 Å². The summed E-state index contributed by atoms with van der Waals surface area (Å²) in [5, 5.41) is 0. The van der Waals surface area contributed by atoms with Crippen LogP contribution in [0.25, 0.3) is 0 Å². The lowest BCUT2D eigenvalue weighted by Gasteiger charge is -2.32. The molecule has 0 aromatic heterocycles. The van der Waals surface area contributed by atoms with Crippen LogP contribution in [0.2, 0.25) is 0 Å². The molecule has 0 spiro atoms. The summed E-state index contributed by atoms with van der Waals surface area (Å²) in [5.41, 5.74) is -0.883. The van der Waals surface area contributed by atoms with Crippen molar-refractivity contribution in [3.8, 4) is 0 Å². The Kier molecular flexibility index (Phi) is 2.74. The Morgan fingerprint density at radius 1 is 1.62 bits per heavy atom. The lowest BCUT2D eigenvalue weighted by atomic mass is 9.70. The fourth-order valence-electron chi connectivity index (χ4n) is 1.99. The minimum Gasteiger partial charge on any atom is -0.468 e. The molecule has 0 amide bonds. The van der Waals surface area contributed by atoms with E-state index in [1.807, 2.05) is 6.92 Å². The lowest BCUT2D eigenvalue weighted by molar-refractivity contribution is -0.160. The quantitative estimate of drug-likeness (QED) is 0.458. The van der Waals surface area contributed by atoms with Gasteiger partial charge in [0.1, 0.15) is 5.41 Å². The molecule has 13 heavy (non-hydrogen) atoms. The average molecular weight is 184 g/mol. The number of carbonyl (C=O) groups excluding carboxylic acids is 2. The van der Waals surface area contributed by atoms with Crippen molar-refractivity contribution in [3.63, 3.8) is 0 Å². The molecule has 2 atom stereocenters. The maximum atomic E-state index is 11.7. The molecule has 74 valence electrons. The molecule has 1 saturated carbocycles. The fraction of sp³-hybridized carbons (Fsp3) is 0.800. The van der Waals surface area contributed by atoms with Crippen LogP contribution < -0.4 is 0 Å². The predicted molar refractivity (Wildman–Crippen MR) is 48.1 cm³/mol. The van der Waals surface area contributed by atoms with Gasteiger partial charge in [-0.2, -0.15) is 0 Å². The third-order valence-electron chi connectivity index (χ3n) is 2.94. The lowest BCUT2D eigenvalue weighted by Crippen LogP contribution is -2.43. The van der Waals surface area contributed by atoms with E-state index in [4.69, 9.17) is 0 Å². The van der Waals surface area contributed by atoms with E-state index in [0.29, 0.717) is 6.42 Å². The Balaban J connectivity index is 2.87. The minimum atomic E-state index is -0.883. The molecule has 0 aromatic carbocycles. The van der Waals surface area contributed by atoms with Crippen molar-refractivity contribution in [1.82, 2.24) is 0 Å². The Labute approximate surface area is 78.5 Å². The van der Waals surface area contributed by atoms with Crippen LogP contribution in [0.5, 0.6) is 0 Å². The molecule has 1 aliphatic rings. The number of Topliss-reactive ketones (excluding diaryl/α,β-unsaturated/α-hetero) is 1. The first-order chi connectivity index (χ1) is 6.02. The van der Waals surface area contributed by atoms with Crippen molar-refractivity contribution in [1.29, 1.82) is 0 Å². The van der Waals surface area contributed by atoms with Gasteiger partial charge in [-0.3, -0.25) is 9.59 Å². The van der Waals surface area contributed by atoms with Gasteiger partial charge >= 0.3 is 5.97 Å². The van der Waals surface area contributed by atoms with Crippen LogP contribution in [0.3, 0.4) is 0 Å². The molecular formula is C10H16O3. The molecule has 0 saturated heterocycles. The maximum Gasteiger partial charge on any atom is 0.319 e. The summed E-state index contributed by atoms with van der Waals surface area (Å²) in [7, 11) is 1.33. The second kappa shape index (κ2) is 3.48. The third-order valence-corrected chi connectivity index (χ3v) is 2.94. The summed E-state index contributed by atoms with van der Waals surface area (Å²) < 4.78 is 4.65. The van der Waals surface area contributed by atoms with Crippen LogP contribution >= 0.6 is 0 Å². The number of carbonyl (C=O) groups is 2. The van der Waals surface area contributed by atoms with Gasteiger partial charge in [-0.25, -0.2) is 0 Å². The minimum absolute atomic E-state index is 0.00199. The van der Waals surface area contributed by atoms with E-state index >= 15 is 0 Å². The Morgan fingerprint density at radius 3 is 2.77 bits per heavy atom. The molecule has 3 nitrogen and oxygen atoms in total. The van der Waals surface area contributed by atoms with Crippen molar-refractivity contribution in [2.75, 3.05) is 7.11 Å². The monoisotopic (exact) mass is 184 g/mol. The number of hydrogen-bond donors (Lipinski definition) is 0. The van der Waals surface area contributed by atoms with Crippen LogP contribution in [0.15, 0.2) is 0 Å². The summed E-state index contributed by atoms with van der Waals surface area (Å²) >= 11 is 0. The number of rotatable bonds is 1. The number of hydrogen-bond acceptors (Lipinski definition) is 3. The second-order valence-corrected chi connectivity index (χ2v) is 3.98. The maximum absolute atomic E-state index is 11.7. The number of methoxy groups -OCH3 is 1. The predicted octanol–water partition coefficient (Wildman–Crippen LogP) is 1.55. The van der Waals surface area contributed by atoms with Gasteiger partial charge in [0.2, 0.25) is 0 Å². The van der Waals surface area contributed by atoms with E-state index in [1.165, 1.54) is 7.11 Å². The van der Waals surface area contributed by atoms with Crippen molar-refractivity contribution in [3.05, 3.63) is 0 Å². The highest BCUT2D eigenvalue weighted by atomic mass is 16.5. The first-order valence-corrected chi connectivity index (χ1v) is 4.65. The molecule has 1 fully saturated rings. The Bertz CT molecular complexity index is 234. The molecule has 3 heteroatoms. The van der Waals surface area contributed by atoms with Gasteiger partial charge in [-0.05, 0) is 19.8 Å². The standard InChI is InChI=1S/C10H16O3/c1-7-5-4-6-10(2,8(7)11)9(12)13-3/h7H,4-6H2,1-3H3/t7?,10-/m0/s1. The molecule has 1 aliphatic carbocycles. The van der Waals surface area contributed by atoms with Gasteiger partial charge in [0.05, 0.1) is 7.11 Å². The van der Waals surface area contributed by atoms with Gasteiger partial charge < -0.3 is 4.74 Å². The topological polar surface area (TPSA) is 43.4 Å². The van der Waals surface area contributed by atoms with Crippen LogP contribution in [0.4, 0.5) is 0 Å². The molecule has 0 heterocycles. The van der Waals surface area contributed by atoms with Gasteiger partial charge in [0.25, 0.3) is 0 Å². The Morgan fingerprint density at radius 2 is 2.23 bits per heavy atom. The first kappa shape index (κ1) is 10.2. The number of esters is 1. The second-order valence-electron chi connectivity index (χ2n) is 3.98. The van der Waals surface area contributed by atoms with Crippen molar-refractivity contribution in [2.24, 2.45) is 11.3 Å². The van der Waals surface area contributed by atoms with E-state index in [9.17, 15) is 9.59 Å². The van der Waals surface area contributed by atoms with Crippen molar-refractivity contribution >= 4 is 11.8 Å². The highest BCUT2D eigenvalue weighted by Crippen LogP contribution is 2.36. The number of ether oxygens (including phenoxy) is 1. The zero-order chi connectivity index (χ0) is 10.1. The van der Waals surface area contributed by atoms with Crippen LogP contribution in [-0.4, -0.2) is 18.9 Å². The van der Waals surface area contributed by atoms with Gasteiger partial charge in [0, 0.05) is 5.92 Å². The van der Waals surface area contributed by atoms with Crippen molar-refractivity contribution < 1.29 is 14.3 Å². The zero-order valence-corrected chi connectivity index (χ0v) is 8.42. The first-order valence-electron chi connectivity index (χ1n) is 4.65. The van der Waals surface area contributed by atoms with Gasteiger partial charge in [0.15, 0.2) is 5.78 Å². The SMILES string of the molecule is COC(=O)[C@@]1(C)CCCC(C)C1=O. The molecule has 0 aromatic rings. The van der Waals surface area contributed by atoms with E-state index in [2.05, 4.69) is 4.74 Å². The summed E-state index contributed by atoms with van der Waals surface area (Å²) in [5.74, 6) is -0.354. The molecule has 1 unspecified atom stereocenters.